The van der Waals surface area contributed by atoms with Crippen LogP contribution in [0.1, 0.15) is 0 Å². The monoisotopic (exact) mass is 350 g/mol. The van der Waals surface area contributed by atoms with Crippen molar-refractivity contribution in [1.29, 1.82) is 0 Å². The van der Waals surface area contributed by atoms with Crippen molar-refractivity contribution >= 4 is 21.8 Å². The Hall–Kier alpha value is -1.90. The molecule has 0 spiro atoms. The predicted molar refractivity (Wildman–Crippen MR) is 66.0 cm³/mol. The van der Waals surface area contributed by atoms with E-state index in [-0.39, 0.29) is 5.57 Å². The van der Waals surface area contributed by atoms with Gasteiger partial charge in [0, 0.05) is 16.8 Å². The van der Waals surface area contributed by atoms with E-state index in [0.29, 0.717) is 9.38 Å². The zero-order valence-electron chi connectivity index (χ0n) is 9.60. The predicted octanol–water partition coefficient (Wildman–Crippen LogP) is 2.65. The molecule has 1 amide bonds. The highest BCUT2D eigenvalue weighted by Gasteiger charge is 2.48. The molecule has 1 unspecified atom stereocenters. The Bertz CT molecular complexity index is 605. The van der Waals surface area contributed by atoms with Gasteiger partial charge in [0.15, 0.2) is 6.04 Å². The molecule has 0 aromatic heterocycles. The standard InChI is InChI=1S/C11H6BrF3N2O3/c12-7-4-6-2-1-3-16(10(18)11(13,14)15)9(6)8(5-7)17(19)20/h1-5,9H. The van der Waals surface area contributed by atoms with Gasteiger partial charge in [-0.1, -0.05) is 22.0 Å². The molecule has 0 saturated heterocycles. The van der Waals surface area contributed by atoms with Crippen molar-refractivity contribution in [2.24, 2.45) is 0 Å². The molecule has 2 aliphatic rings. The fourth-order valence-corrected chi connectivity index (χ4v) is 2.43. The summed E-state index contributed by atoms with van der Waals surface area (Å²) in [7, 11) is 0. The molecule has 1 aliphatic carbocycles. The molecule has 0 N–H and O–H groups in total. The van der Waals surface area contributed by atoms with Crippen LogP contribution in [0.4, 0.5) is 13.2 Å². The number of halogens is 4. The second kappa shape index (κ2) is 4.89. The zero-order chi connectivity index (χ0) is 15.1. The van der Waals surface area contributed by atoms with E-state index < -0.39 is 28.7 Å². The van der Waals surface area contributed by atoms with Crippen LogP contribution in [0.5, 0.6) is 0 Å². The topological polar surface area (TPSA) is 63.5 Å². The number of fused-ring (bicyclic) bond motifs is 1. The van der Waals surface area contributed by atoms with E-state index in [0.717, 1.165) is 12.3 Å². The molecular weight excluding hydrogens is 345 g/mol. The molecular formula is C11H6BrF3N2O3. The van der Waals surface area contributed by atoms with Crippen LogP contribution in [0.25, 0.3) is 0 Å². The Morgan fingerprint density at radius 2 is 2.05 bits per heavy atom. The van der Waals surface area contributed by atoms with E-state index in [4.69, 9.17) is 0 Å². The van der Waals surface area contributed by atoms with Gasteiger partial charge in [-0.05, 0) is 17.7 Å². The first-order chi connectivity index (χ1) is 9.21. The molecule has 20 heavy (non-hydrogen) atoms. The van der Waals surface area contributed by atoms with Gasteiger partial charge in [-0.15, -0.1) is 0 Å². The lowest BCUT2D eigenvalue weighted by molar-refractivity contribution is -0.431. The third-order valence-corrected chi connectivity index (χ3v) is 3.15. The van der Waals surface area contributed by atoms with E-state index >= 15 is 0 Å². The molecule has 5 nitrogen and oxygen atoms in total. The molecule has 0 bridgehead atoms. The summed E-state index contributed by atoms with van der Waals surface area (Å²) in [6.45, 7) is 0. The van der Waals surface area contributed by atoms with Crippen molar-refractivity contribution in [3.05, 3.63) is 56.4 Å². The number of nitro groups is 1. The maximum absolute atomic E-state index is 12.5. The van der Waals surface area contributed by atoms with Gasteiger partial charge < -0.3 is 0 Å². The summed E-state index contributed by atoms with van der Waals surface area (Å²) in [6.07, 6.45) is 0.939. The van der Waals surface area contributed by atoms with Crippen molar-refractivity contribution < 1.29 is 22.9 Å². The van der Waals surface area contributed by atoms with E-state index in [2.05, 4.69) is 15.9 Å². The quantitative estimate of drug-likeness (QED) is 0.539. The number of hydrogen-bond donors (Lipinski definition) is 0. The van der Waals surface area contributed by atoms with Crippen LogP contribution in [0, 0.1) is 10.1 Å². The Morgan fingerprint density at radius 1 is 1.40 bits per heavy atom. The van der Waals surface area contributed by atoms with Crippen molar-refractivity contribution in [2.45, 2.75) is 12.2 Å². The maximum atomic E-state index is 12.5. The first-order valence-corrected chi connectivity index (χ1v) is 6.02. The molecule has 1 atom stereocenters. The molecule has 0 aromatic rings. The van der Waals surface area contributed by atoms with E-state index in [1.54, 1.807) is 0 Å². The molecule has 2 rings (SSSR count). The third kappa shape index (κ3) is 2.53. The highest BCUT2D eigenvalue weighted by molar-refractivity contribution is 9.11. The van der Waals surface area contributed by atoms with E-state index in [1.165, 1.54) is 18.2 Å². The SMILES string of the molecule is O=C(N1C=CC=C2C=C(Br)C=C([N+](=O)[O-])C21)C(F)(F)F. The lowest BCUT2D eigenvalue weighted by atomic mass is 9.95. The number of alkyl halides is 3. The summed E-state index contributed by atoms with van der Waals surface area (Å²) in [4.78, 5) is 21.9. The lowest BCUT2D eigenvalue weighted by Gasteiger charge is -2.31. The van der Waals surface area contributed by atoms with Crippen molar-refractivity contribution in [1.82, 2.24) is 4.90 Å². The molecule has 0 fully saturated rings. The number of allylic oxidation sites excluding steroid dienone is 4. The van der Waals surface area contributed by atoms with Crippen molar-refractivity contribution in [3.8, 4) is 0 Å². The highest BCUT2D eigenvalue weighted by Crippen LogP contribution is 2.34. The summed E-state index contributed by atoms with van der Waals surface area (Å²) in [6, 6.07) is -1.38. The number of carbonyl (C=O) groups excluding carboxylic acids is 1. The van der Waals surface area contributed by atoms with Crippen LogP contribution < -0.4 is 0 Å². The molecule has 0 aromatic carbocycles. The van der Waals surface area contributed by atoms with Crippen LogP contribution in [0.2, 0.25) is 0 Å². The zero-order valence-corrected chi connectivity index (χ0v) is 11.2. The van der Waals surface area contributed by atoms with Gasteiger partial charge in [0.1, 0.15) is 0 Å². The van der Waals surface area contributed by atoms with Gasteiger partial charge >= 0.3 is 12.1 Å². The van der Waals surface area contributed by atoms with Crippen LogP contribution in [0.15, 0.2) is 46.3 Å². The minimum absolute atomic E-state index is 0.228. The van der Waals surface area contributed by atoms with Gasteiger partial charge in [0.05, 0.1) is 4.92 Å². The van der Waals surface area contributed by atoms with Gasteiger partial charge in [-0.25, -0.2) is 0 Å². The summed E-state index contributed by atoms with van der Waals surface area (Å²) < 4.78 is 38.0. The largest absolute Gasteiger partial charge is 0.471 e. The van der Waals surface area contributed by atoms with Gasteiger partial charge in [-0.2, -0.15) is 13.2 Å². The molecule has 1 aliphatic heterocycles. The fraction of sp³-hybridized carbons (Fsp3) is 0.182. The average Bonchev–Trinajstić information content (AvgIpc) is 2.34. The summed E-state index contributed by atoms with van der Waals surface area (Å²) in [5.74, 6) is -2.15. The molecule has 106 valence electrons. The molecule has 0 saturated carbocycles. The van der Waals surface area contributed by atoms with Gasteiger partial charge in [0.2, 0.25) is 0 Å². The lowest BCUT2D eigenvalue weighted by Crippen LogP contribution is -2.47. The summed E-state index contributed by atoms with van der Waals surface area (Å²) in [5, 5.41) is 11.0. The Kier molecular flexibility index (Phi) is 3.55. The fourth-order valence-electron chi connectivity index (χ4n) is 1.93. The van der Waals surface area contributed by atoms with Crippen molar-refractivity contribution in [3.63, 3.8) is 0 Å². The average molecular weight is 351 g/mol. The smallest absolute Gasteiger partial charge is 0.293 e. The van der Waals surface area contributed by atoms with Gasteiger partial charge in [-0.3, -0.25) is 19.8 Å². The van der Waals surface area contributed by atoms with Crippen molar-refractivity contribution in [2.75, 3.05) is 0 Å². The first-order valence-electron chi connectivity index (χ1n) is 5.23. The number of nitrogens with zero attached hydrogens (tertiary/aromatic N) is 2. The highest BCUT2D eigenvalue weighted by atomic mass is 79.9. The molecule has 9 heteroatoms. The number of hydrogen-bond acceptors (Lipinski definition) is 3. The van der Waals surface area contributed by atoms with E-state index in [1.807, 2.05) is 0 Å². The Labute approximate surface area is 119 Å². The van der Waals surface area contributed by atoms with Gasteiger partial charge in [0.25, 0.3) is 5.70 Å². The Balaban J connectivity index is 2.48. The summed E-state index contributed by atoms with van der Waals surface area (Å²) >= 11 is 3.05. The van der Waals surface area contributed by atoms with Crippen LogP contribution >= 0.6 is 15.9 Å². The molecule has 1 heterocycles. The number of amides is 1. The number of carbonyl (C=O) groups is 1. The maximum Gasteiger partial charge on any atom is 0.471 e. The second-order valence-corrected chi connectivity index (χ2v) is 4.89. The summed E-state index contributed by atoms with van der Waals surface area (Å²) in [5.41, 5.74) is -0.279. The van der Waals surface area contributed by atoms with Crippen LogP contribution in [-0.4, -0.2) is 27.9 Å². The minimum atomic E-state index is -5.10. The Morgan fingerprint density at radius 3 is 2.60 bits per heavy atom. The van der Waals surface area contributed by atoms with E-state index in [9.17, 15) is 28.1 Å². The van der Waals surface area contributed by atoms with Crippen LogP contribution in [0.3, 0.4) is 0 Å². The normalized spacial score (nSPS) is 21.7. The third-order valence-electron chi connectivity index (χ3n) is 2.69. The first kappa shape index (κ1) is 14.5. The minimum Gasteiger partial charge on any atom is -0.293 e. The second-order valence-electron chi connectivity index (χ2n) is 3.98. The molecule has 0 radical (unpaired) electrons. The van der Waals surface area contributed by atoms with Crippen LogP contribution in [-0.2, 0) is 4.79 Å². The number of rotatable bonds is 1.